The second kappa shape index (κ2) is 50.0. The van der Waals surface area contributed by atoms with Gasteiger partial charge in [-0.3, -0.25) is 14.4 Å². The molecule has 6 nitrogen and oxygen atoms in total. The molecular formula is C55H98O6. The van der Waals surface area contributed by atoms with Crippen LogP contribution in [0, 0.1) is 0 Å². The van der Waals surface area contributed by atoms with Crippen molar-refractivity contribution in [2.24, 2.45) is 0 Å². The first-order valence-electron chi connectivity index (χ1n) is 26.1. The molecule has 0 heterocycles. The molecule has 0 aromatic rings. The summed E-state index contributed by atoms with van der Waals surface area (Å²) in [6.07, 6.45) is 60.0. The molecule has 0 spiro atoms. The van der Waals surface area contributed by atoms with Gasteiger partial charge in [0.15, 0.2) is 6.10 Å². The predicted molar refractivity (Wildman–Crippen MR) is 261 cm³/mol. The Hall–Kier alpha value is -2.63. The van der Waals surface area contributed by atoms with Gasteiger partial charge in [0.25, 0.3) is 0 Å². The molecule has 0 bridgehead atoms. The second-order valence-electron chi connectivity index (χ2n) is 17.4. The molecule has 0 aromatic heterocycles. The van der Waals surface area contributed by atoms with Gasteiger partial charge < -0.3 is 14.2 Å². The number of carbonyl (C=O) groups is 3. The van der Waals surface area contributed by atoms with Crippen molar-refractivity contribution >= 4 is 17.9 Å². The lowest BCUT2D eigenvalue weighted by atomic mass is 10.0. The standard InChI is InChI=1S/C55H98O6/c1-4-7-10-13-16-18-20-22-23-24-25-26-27-28-29-30-31-33-34-36-39-42-45-48-54(57)60-51-52(50-59-53(56)47-44-41-38-15-12-9-6-3)61-55(58)49-46-43-40-37-35-32-21-19-17-14-11-8-5-2/h8,11,17,19,32,35,40,43,52H,4-7,9-10,12-16,18,20-31,33-34,36-39,41-42,44-51H2,1-3H3/b11-8-,19-17-,35-32-,43-40-. The van der Waals surface area contributed by atoms with Crippen LogP contribution in [0.5, 0.6) is 0 Å². The molecule has 0 N–H and O–H groups in total. The molecule has 1 atom stereocenters. The lowest BCUT2D eigenvalue weighted by Gasteiger charge is -2.18. The fourth-order valence-corrected chi connectivity index (χ4v) is 7.46. The average Bonchev–Trinajstić information content (AvgIpc) is 3.26. The Labute approximate surface area is 378 Å². The third-order valence-electron chi connectivity index (χ3n) is 11.4. The lowest BCUT2D eigenvalue weighted by molar-refractivity contribution is -0.166. The number of allylic oxidation sites excluding steroid dienone is 8. The van der Waals surface area contributed by atoms with Crippen LogP contribution in [0.15, 0.2) is 48.6 Å². The van der Waals surface area contributed by atoms with E-state index in [2.05, 4.69) is 57.2 Å². The van der Waals surface area contributed by atoms with Crippen LogP contribution in [0.25, 0.3) is 0 Å². The summed E-state index contributed by atoms with van der Waals surface area (Å²) in [5.74, 6) is -0.981. The number of hydrogen-bond donors (Lipinski definition) is 0. The van der Waals surface area contributed by atoms with Gasteiger partial charge in [-0.15, -0.1) is 0 Å². The average molecular weight is 855 g/mol. The van der Waals surface area contributed by atoms with Crippen molar-refractivity contribution in [2.45, 2.75) is 271 Å². The zero-order valence-corrected chi connectivity index (χ0v) is 40.4. The van der Waals surface area contributed by atoms with Gasteiger partial charge in [-0.2, -0.15) is 0 Å². The monoisotopic (exact) mass is 855 g/mol. The van der Waals surface area contributed by atoms with E-state index >= 15 is 0 Å². The minimum atomic E-state index is -0.804. The summed E-state index contributed by atoms with van der Waals surface area (Å²) in [4.78, 5) is 37.7. The number of hydrogen-bond acceptors (Lipinski definition) is 6. The molecule has 0 aliphatic heterocycles. The molecule has 6 heteroatoms. The van der Waals surface area contributed by atoms with Crippen LogP contribution >= 0.6 is 0 Å². The van der Waals surface area contributed by atoms with E-state index in [4.69, 9.17) is 14.2 Å². The predicted octanol–water partition coefficient (Wildman–Crippen LogP) is 17.1. The first-order valence-corrected chi connectivity index (χ1v) is 26.1. The molecule has 354 valence electrons. The minimum absolute atomic E-state index is 0.0986. The third kappa shape index (κ3) is 48.3. The number of unbranched alkanes of at least 4 members (excludes halogenated alkanes) is 28. The van der Waals surface area contributed by atoms with Crippen molar-refractivity contribution in [3.63, 3.8) is 0 Å². The van der Waals surface area contributed by atoms with Gasteiger partial charge in [-0.25, -0.2) is 0 Å². The Balaban J connectivity index is 4.18. The van der Waals surface area contributed by atoms with Crippen molar-refractivity contribution in [1.82, 2.24) is 0 Å². The Morgan fingerprint density at radius 1 is 0.344 bits per heavy atom. The maximum atomic E-state index is 12.7. The SMILES string of the molecule is CC/C=C\C/C=C\C/C=C\C/C=C\CCC(=O)OC(COC(=O)CCCCCCCCC)COC(=O)CCCCCCCCCCCCCCCCCCCCCCCCC. The van der Waals surface area contributed by atoms with Gasteiger partial charge in [0.05, 0.1) is 0 Å². The van der Waals surface area contributed by atoms with Crippen LogP contribution in [0.1, 0.15) is 265 Å². The van der Waals surface area contributed by atoms with Crippen molar-refractivity contribution in [3.05, 3.63) is 48.6 Å². The maximum absolute atomic E-state index is 12.7. The van der Waals surface area contributed by atoms with E-state index in [-0.39, 0.29) is 37.5 Å². The van der Waals surface area contributed by atoms with Crippen LogP contribution in [0.4, 0.5) is 0 Å². The van der Waals surface area contributed by atoms with Crippen molar-refractivity contribution in [2.75, 3.05) is 13.2 Å². The second-order valence-corrected chi connectivity index (χ2v) is 17.4. The van der Waals surface area contributed by atoms with E-state index in [1.54, 1.807) is 0 Å². The Morgan fingerprint density at radius 2 is 0.639 bits per heavy atom. The normalized spacial score (nSPS) is 12.4. The van der Waals surface area contributed by atoms with Crippen LogP contribution < -0.4 is 0 Å². The first-order chi connectivity index (χ1) is 30.0. The molecule has 0 fully saturated rings. The summed E-state index contributed by atoms with van der Waals surface area (Å²) in [6, 6.07) is 0. The van der Waals surface area contributed by atoms with Gasteiger partial charge in [0.1, 0.15) is 13.2 Å². The number of esters is 3. The molecule has 0 aromatic carbocycles. The van der Waals surface area contributed by atoms with Gasteiger partial charge in [0, 0.05) is 19.3 Å². The van der Waals surface area contributed by atoms with Crippen LogP contribution in [0.2, 0.25) is 0 Å². The molecular weight excluding hydrogens is 757 g/mol. The Bertz CT molecular complexity index is 1070. The quantitative estimate of drug-likeness (QED) is 0.0263. The fourth-order valence-electron chi connectivity index (χ4n) is 7.46. The molecule has 0 aliphatic rings. The summed E-state index contributed by atoms with van der Waals surface area (Å²) in [5.41, 5.74) is 0. The van der Waals surface area contributed by atoms with Gasteiger partial charge in [-0.05, 0) is 44.9 Å². The Morgan fingerprint density at radius 3 is 0.967 bits per heavy atom. The first kappa shape index (κ1) is 58.4. The zero-order chi connectivity index (χ0) is 44.4. The Kier molecular flexibility index (Phi) is 47.9. The maximum Gasteiger partial charge on any atom is 0.306 e. The summed E-state index contributed by atoms with van der Waals surface area (Å²) in [7, 11) is 0. The van der Waals surface area contributed by atoms with E-state index in [1.165, 1.54) is 154 Å². The van der Waals surface area contributed by atoms with Crippen molar-refractivity contribution in [3.8, 4) is 0 Å². The highest BCUT2D eigenvalue weighted by molar-refractivity contribution is 5.71. The highest BCUT2D eigenvalue weighted by atomic mass is 16.6. The highest BCUT2D eigenvalue weighted by Crippen LogP contribution is 2.16. The van der Waals surface area contributed by atoms with Crippen LogP contribution in [-0.4, -0.2) is 37.2 Å². The summed E-state index contributed by atoms with van der Waals surface area (Å²) in [6.45, 7) is 6.44. The third-order valence-corrected chi connectivity index (χ3v) is 11.4. The van der Waals surface area contributed by atoms with E-state index in [0.717, 1.165) is 64.2 Å². The molecule has 0 amide bonds. The number of ether oxygens (including phenoxy) is 3. The molecule has 0 aliphatic carbocycles. The number of rotatable bonds is 47. The van der Waals surface area contributed by atoms with Crippen molar-refractivity contribution < 1.29 is 28.6 Å². The smallest absolute Gasteiger partial charge is 0.306 e. The van der Waals surface area contributed by atoms with Crippen LogP contribution in [-0.2, 0) is 28.6 Å². The molecule has 0 saturated carbocycles. The van der Waals surface area contributed by atoms with Gasteiger partial charge in [0.2, 0.25) is 0 Å². The lowest BCUT2D eigenvalue weighted by Crippen LogP contribution is -2.30. The molecule has 61 heavy (non-hydrogen) atoms. The fraction of sp³-hybridized carbons (Fsp3) is 0.800. The van der Waals surface area contributed by atoms with E-state index in [9.17, 15) is 14.4 Å². The molecule has 1 unspecified atom stereocenters. The minimum Gasteiger partial charge on any atom is -0.462 e. The summed E-state index contributed by atoms with van der Waals surface area (Å²) < 4.78 is 16.6. The highest BCUT2D eigenvalue weighted by Gasteiger charge is 2.19. The molecule has 0 saturated heterocycles. The largest absolute Gasteiger partial charge is 0.462 e. The number of carbonyl (C=O) groups excluding carboxylic acids is 3. The van der Waals surface area contributed by atoms with E-state index < -0.39 is 6.10 Å². The van der Waals surface area contributed by atoms with Crippen LogP contribution in [0.3, 0.4) is 0 Å². The summed E-state index contributed by atoms with van der Waals surface area (Å²) in [5, 5.41) is 0. The van der Waals surface area contributed by atoms with Gasteiger partial charge >= 0.3 is 17.9 Å². The molecule has 0 rings (SSSR count). The summed E-state index contributed by atoms with van der Waals surface area (Å²) >= 11 is 0. The topological polar surface area (TPSA) is 78.9 Å². The molecule has 0 radical (unpaired) electrons. The van der Waals surface area contributed by atoms with Gasteiger partial charge in [-0.1, -0.05) is 249 Å². The zero-order valence-electron chi connectivity index (χ0n) is 40.4. The van der Waals surface area contributed by atoms with Crippen molar-refractivity contribution in [1.29, 1.82) is 0 Å². The van der Waals surface area contributed by atoms with E-state index in [0.29, 0.717) is 19.3 Å². The van der Waals surface area contributed by atoms with E-state index in [1.807, 2.05) is 12.2 Å².